The molecule has 0 N–H and O–H groups in total. The van der Waals surface area contributed by atoms with E-state index in [1.807, 2.05) is 0 Å². The van der Waals surface area contributed by atoms with Gasteiger partial charge in [-0.25, -0.2) is 0 Å². The molecule has 0 spiro atoms. The van der Waals surface area contributed by atoms with Crippen LogP contribution in [0.2, 0.25) is 0 Å². The van der Waals surface area contributed by atoms with Gasteiger partial charge in [-0.1, -0.05) is 147 Å². The van der Waals surface area contributed by atoms with Gasteiger partial charge in [-0.15, -0.1) is 0 Å². The summed E-state index contributed by atoms with van der Waals surface area (Å²) in [6, 6.07) is 20.1. The maximum absolute atomic E-state index is 9.84. The lowest BCUT2D eigenvalue weighted by atomic mass is 9.76. The average molecular weight is 544 g/mol. The molecule has 40 heavy (non-hydrogen) atoms. The zero-order valence-corrected chi connectivity index (χ0v) is 25.8. The molecule has 3 rings (SSSR count). The second kappa shape index (κ2) is 19.7. The predicted octanol–water partition coefficient (Wildman–Crippen LogP) is 11.7. The number of benzene rings is 2. The first-order valence-electron chi connectivity index (χ1n) is 16.9. The Kier molecular flexibility index (Phi) is 15.9. The van der Waals surface area contributed by atoms with Gasteiger partial charge in [0.1, 0.15) is 5.75 Å². The van der Waals surface area contributed by atoms with E-state index < -0.39 is 0 Å². The molecule has 220 valence electrons. The normalized spacial score (nSPS) is 17.8. The average Bonchev–Trinajstić information content (AvgIpc) is 3.00. The number of hydrogen-bond acceptors (Lipinski definition) is 2. The minimum atomic E-state index is 0.194. The summed E-state index contributed by atoms with van der Waals surface area (Å²) in [5.74, 6) is 2.87. The first-order valence-corrected chi connectivity index (χ1v) is 16.9. The topological polar surface area (TPSA) is 33.0 Å². The zero-order chi connectivity index (χ0) is 28.3. The van der Waals surface area contributed by atoms with Crippen LogP contribution in [0.5, 0.6) is 5.75 Å². The van der Waals surface area contributed by atoms with Gasteiger partial charge < -0.3 is 4.74 Å². The zero-order valence-electron chi connectivity index (χ0n) is 25.8. The molecule has 2 nitrogen and oxygen atoms in total. The Hall–Kier alpha value is -2.27. The van der Waals surface area contributed by atoms with Crippen molar-refractivity contribution in [1.29, 1.82) is 5.26 Å². The van der Waals surface area contributed by atoms with E-state index in [9.17, 15) is 5.26 Å². The summed E-state index contributed by atoms with van der Waals surface area (Å²) in [6.45, 7) is 5.36. The van der Waals surface area contributed by atoms with Crippen LogP contribution in [0, 0.1) is 29.1 Å². The molecule has 1 unspecified atom stereocenters. The highest BCUT2D eigenvalue weighted by Gasteiger charge is 2.23. The number of ether oxygens (including phenoxy) is 1. The lowest BCUT2D eigenvalue weighted by Gasteiger charge is -2.29. The number of nitrogens with zero attached hydrogens (tertiary/aromatic N) is 1. The SMILES string of the molecule is CCCCCCCCOc1ccc(-c2ccc(CCC(C#N)CC3CCC(CCCCCCC)CC3)cc2)cc1. The number of unbranched alkanes of at least 4 members (excludes halogenated alkanes) is 9. The van der Waals surface area contributed by atoms with Crippen LogP contribution in [0.25, 0.3) is 11.1 Å². The standard InChI is InChI=1S/C38H57NO/c1-3-5-7-9-11-13-29-40-38-27-25-37(26-28-38)36-23-21-33(22-24-36)17-20-35(31-39)30-34-18-15-32(16-19-34)14-12-10-8-6-4-2/h21-28,32,34-35H,3-20,29-30H2,1-2H3. The highest BCUT2D eigenvalue weighted by Crippen LogP contribution is 2.36. The number of nitriles is 1. The molecular formula is C38H57NO. The van der Waals surface area contributed by atoms with E-state index in [0.29, 0.717) is 0 Å². The Labute approximate surface area is 246 Å². The quantitative estimate of drug-likeness (QED) is 0.156. The van der Waals surface area contributed by atoms with Gasteiger partial charge in [-0.2, -0.15) is 5.26 Å². The third kappa shape index (κ3) is 12.5. The third-order valence-corrected chi connectivity index (χ3v) is 9.17. The Balaban J connectivity index is 1.33. The van der Waals surface area contributed by atoms with E-state index in [0.717, 1.165) is 49.9 Å². The van der Waals surface area contributed by atoms with Crippen molar-refractivity contribution in [3.8, 4) is 22.9 Å². The second-order valence-corrected chi connectivity index (χ2v) is 12.5. The Morgan fingerprint density at radius 3 is 1.88 bits per heavy atom. The van der Waals surface area contributed by atoms with Gasteiger partial charge in [0, 0.05) is 5.92 Å². The van der Waals surface area contributed by atoms with Gasteiger partial charge >= 0.3 is 0 Å². The Bertz CT molecular complexity index is 933. The summed E-state index contributed by atoms with van der Waals surface area (Å²) < 4.78 is 5.95. The van der Waals surface area contributed by atoms with Crippen LogP contribution in [0.4, 0.5) is 0 Å². The summed E-state index contributed by atoms with van der Waals surface area (Å²) >= 11 is 0. The molecule has 0 aromatic heterocycles. The van der Waals surface area contributed by atoms with Crippen molar-refractivity contribution in [2.45, 2.75) is 136 Å². The van der Waals surface area contributed by atoms with E-state index in [2.05, 4.69) is 68.4 Å². The van der Waals surface area contributed by atoms with Crippen LogP contribution in [-0.4, -0.2) is 6.61 Å². The predicted molar refractivity (Wildman–Crippen MR) is 172 cm³/mol. The molecule has 1 aliphatic rings. The molecule has 2 heteroatoms. The van der Waals surface area contributed by atoms with E-state index in [4.69, 9.17) is 4.74 Å². The minimum Gasteiger partial charge on any atom is -0.494 e. The lowest BCUT2D eigenvalue weighted by Crippen LogP contribution is -2.17. The van der Waals surface area contributed by atoms with Crippen LogP contribution in [-0.2, 0) is 6.42 Å². The van der Waals surface area contributed by atoms with Crippen LogP contribution in [0.1, 0.15) is 135 Å². The molecule has 0 bridgehead atoms. The highest BCUT2D eigenvalue weighted by molar-refractivity contribution is 5.64. The molecule has 0 amide bonds. The van der Waals surface area contributed by atoms with Crippen molar-refractivity contribution in [2.75, 3.05) is 6.61 Å². The minimum absolute atomic E-state index is 0.194. The van der Waals surface area contributed by atoms with Gasteiger partial charge in [0.15, 0.2) is 0 Å². The molecule has 0 aliphatic heterocycles. The summed E-state index contributed by atoms with van der Waals surface area (Å²) in [5, 5.41) is 9.84. The molecule has 1 saturated carbocycles. The van der Waals surface area contributed by atoms with Gasteiger partial charge in [0.05, 0.1) is 12.7 Å². The van der Waals surface area contributed by atoms with Crippen molar-refractivity contribution in [1.82, 2.24) is 0 Å². The monoisotopic (exact) mass is 543 g/mol. The summed E-state index contributed by atoms with van der Waals surface area (Å²) in [5.41, 5.74) is 3.81. The number of hydrogen-bond donors (Lipinski definition) is 0. The molecule has 0 heterocycles. The van der Waals surface area contributed by atoms with Gasteiger partial charge in [-0.05, 0) is 66.3 Å². The maximum Gasteiger partial charge on any atom is 0.119 e. The van der Waals surface area contributed by atoms with E-state index in [1.165, 1.54) is 113 Å². The molecule has 0 radical (unpaired) electrons. The van der Waals surface area contributed by atoms with Crippen molar-refractivity contribution in [2.24, 2.45) is 17.8 Å². The second-order valence-electron chi connectivity index (χ2n) is 12.5. The van der Waals surface area contributed by atoms with Crippen LogP contribution in [0.15, 0.2) is 48.5 Å². The first-order chi connectivity index (χ1) is 19.7. The lowest BCUT2D eigenvalue weighted by molar-refractivity contribution is 0.233. The smallest absolute Gasteiger partial charge is 0.119 e. The van der Waals surface area contributed by atoms with Gasteiger partial charge in [-0.3, -0.25) is 0 Å². The van der Waals surface area contributed by atoms with Gasteiger partial charge in [0.25, 0.3) is 0 Å². The fraction of sp³-hybridized carbons (Fsp3) is 0.658. The third-order valence-electron chi connectivity index (χ3n) is 9.17. The summed E-state index contributed by atoms with van der Waals surface area (Å²) in [6.07, 6.45) is 24.7. The molecule has 0 saturated heterocycles. The molecule has 1 atom stereocenters. The van der Waals surface area contributed by atoms with E-state index in [-0.39, 0.29) is 5.92 Å². The van der Waals surface area contributed by atoms with Crippen molar-refractivity contribution >= 4 is 0 Å². The highest BCUT2D eigenvalue weighted by atomic mass is 16.5. The van der Waals surface area contributed by atoms with Crippen LogP contribution >= 0.6 is 0 Å². The Morgan fingerprint density at radius 2 is 1.25 bits per heavy atom. The fourth-order valence-corrected chi connectivity index (χ4v) is 6.45. The molecule has 1 aliphatic carbocycles. The Morgan fingerprint density at radius 1 is 0.700 bits per heavy atom. The summed E-state index contributed by atoms with van der Waals surface area (Å²) in [7, 11) is 0. The van der Waals surface area contributed by atoms with Gasteiger partial charge in [0.2, 0.25) is 0 Å². The van der Waals surface area contributed by atoms with Crippen LogP contribution < -0.4 is 4.74 Å². The van der Waals surface area contributed by atoms with Crippen molar-refractivity contribution < 1.29 is 4.74 Å². The van der Waals surface area contributed by atoms with Crippen LogP contribution in [0.3, 0.4) is 0 Å². The maximum atomic E-state index is 9.84. The molecular weight excluding hydrogens is 486 g/mol. The number of rotatable bonds is 20. The van der Waals surface area contributed by atoms with Crippen molar-refractivity contribution in [3.63, 3.8) is 0 Å². The van der Waals surface area contributed by atoms with E-state index in [1.54, 1.807) is 0 Å². The molecule has 2 aromatic rings. The molecule has 1 fully saturated rings. The largest absolute Gasteiger partial charge is 0.494 e. The van der Waals surface area contributed by atoms with Crippen molar-refractivity contribution in [3.05, 3.63) is 54.1 Å². The molecule has 2 aromatic carbocycles. The summed E-state index contributed by atoms with van der Waals surface area (Å²) in [4.78, 5) is 0. The first kappa shape index (κ1) is 32.2. The fourth-order valence-electron chi connectivity index (χ4n) is 6.45. The number of aryl methyl sites for hydroxylation is 1. The van der Waals surface area contributed by atoms with E-state index >= 15 is 0 Å².